The van der Waals surface area contributed by atoms with Gasteiger partial charge in [-0.05, 0) is 17.7 Å². The van der Waals surface area contributed by atoms with Crippen LogP contribution in [0.1, 0.15) is 32.3 Å². The van der Waals surface area contributed by atoms with E-state index >= 15 is 0 Å². The average molecular weight is 295 g/mol. The van der Waals surface area contributed by atoms with Gasteiger partial charge in [0.25, 0.3) is 0 Å². The first-order chi connectivity index (χ1) is 9.97. The fraction of sp³-hybridized carbons (Fsp3) is 0.562. The molecule has 0 spiro atoms. The molecule has 0 aliphatic rings. The van der Waals surface area contributed by atoms with Crippen LogP contribution in [0.15, 0.2) is 18.2 Å². The molecule has 5 heteroatoms. The number of benzene rings is 1. The number of hydrogen-bond acceptors (Lipinski definition) is 5. The molecule has 1 rings (SSSR count). The van der Waals surface area contributed by atoms with Gasteiger partial charge >= 0.3 is 0 Å². The van der Waals surface area contributed by atoms with Gasteiger partial charge in [-0.2, -0.15) is 0 Å². The summed E-state index contributed by atoms with van der Waals surface area (Å²) in [5.41, 5.74) is 0.872. The predicted molar refractivity (Wildman–Crippen MR) is 82.1 cm³/mol. The van der Waals surface area contributed by atoms with Crippen LogP contribution in [-0.2, 0) is 4.79 Å². The molecular formula is C16H25NO4. The molecule has 0 aliphatic carbocycles. The third-order valence-electron chi connectivity index (χ3n) is 3.11. The van der Waals surface area contributed by atoms with E-state index in [9.17, 15) is 9.90 Å². The number of methoxy groups -OCH3 is 1. The van der Waals surface area contributed by atoms with Crippen LogP contribution in [0.5, 0.6) is 11.5 Å². The van der Waals surface area contributed by atoms with Crippen LogP contribution in [0, 0.1) is 0 Å². The highest BCUT2D eigenvalue weighted by Crippen LogP contribution is 2.30. The highest BCUT2D eigenvalue weighted by Gasteiger charge is 2.12. The lowest BCUT2D eigenvalue weighted by Gasteiger charge is -2.17. The number of ether oxygens (including phenoxy) is 2. The van der Waals surface area contributed by atoms with Crippen molar-refractivity contribution in [2.75, 3.05) is 20.3 Å². The number of hydrogen-bond donors (Lipinski definition) is 2. The smallest absolute Gasteiger partial charge is 0.161 e. The topological polar surface area (TPSA) is 67.8 Å². The van der Waals surface area contributed by atoms with E-state index in [4.69, 9.17) is 9.47 Å². The second-order valence-corrected chi connectivity index (χ2v) is 5.36. The molecule has 0 heterocycles. The fourth-order valence-corrected chi connectivity index (χ4v) is 1.78. The van der Waals surface area contributed by atoms with Crippen LogP contribution in [0.2, 0.25) is 0 Å². The van der Waals surface area contributed by atoms with Crippen LogP contribution in [0.25, 0.3) is 0 Å². The number of aldehydes is 1. The van der Waals surface area contributed by atoms with Gasteiger partial charge in [0.2, 0.25) is 0 Å². The summed E-state index contributed by atoms with van der Waals surface area (Å²) in [5, 5.41) is 13.0. The Labute approximate surface area is 126 Å². The molecule has 0 aliphatic heterocycles. The van der Waals surface area contributed by atoms with Gasteiger partial charge in [-0.3, -0.25) is 0 Å². The Morgan fingerprint density at radius 1 is 1.29 bits per heavy atom. The number of carbonyl (C=O) groups excluding carboxylic acids is 1. The fourth-order valence-electron chi connectivity index (χ4n) is 1.78. The second kappa shape index (κ2) is 8.64. The van der Waals surface area contributed by atoms with Gasteiger partial charge in [-0.1, -0.05) is 26.8 Å². The lowest BCUT2D eigenvalue weighted by atomic mass is 10.0. The zero-order valence-electron chi connectivity index (χ0n) is 13.1. The molecule has 2 N–H and O–H groups in total. The average Bonchev–Trinajstić information content (AvgIpc) is 2.49. The van der Waals surface area contributed by atoms with Crippen molar-refractivity contribution in [1.29, 1.82) is 0 Å². The van der Waals surface area contributed by atoms with E-state index in [1.165, 1.54) is 0 Å². The summed E-state index contributed by atoms with van der Waals surface area (Å²) in [6.07, 6.45) is 0.294. The van der Waals surface area contributed by atoms with E-state index in [0.717, 1.165) is 11.8 Å². The molecule has 0 saturated heterocycles. The van der Waals surface area contributed by atoms with Crippen molar-refractivity contribution in [3.05, 3.63) is 23.8 Å². The maximum atomic E-state index is 10.8. The molecule has 2 unspecified atom stereocenters. The number of aliphatic hydroxyl groups excluding tert-OH is 1. The molecule has 21 heavy (non-hydrogen) atoms. The van der Waals surface area contributed by atoms with Crippen LogP contribution in [0.4, 0.5) is 0 Å². The third kappa shape index (κ3) is 5.73. The van der Waals surface area contributed by atoms with Gasteiger partial charge in [0.05, 0.1) is 7.11 Å². The van der Waals surface area contributed by atoms with Gasteiger partial charge in [0.15, 0.2) is 11.5 Å². The number of carbonyl (C=O) groups is 1. The van der Waals surface area contributed by atoms with Crippen molar-refractivity contribution in [1.82, 2.24) is 5.32 Å². The Morgan fingerprint density at radius 2 is 2.00 bits per heavy atom. The lowest BCUT2D eigenvalue weighted by molar-refractivity contribution is -0.108. The molecule has 0 amide bonds. The summed E-state index contributed by atoms with van der Waals surface area (Å²) < 4.78 is 10.9. The lowest BCUT2D eigenvalue weighted by Crippen LogP contribution is -2.35. The van der Waals surface area contributed by atoms with Crippen LogP contribution in [-0.4, -0.2) is 43.8 Å². The molecule has 0 radical (unpaired) electrons. The quantitative estimate of drug-likeness (QED) is 0.679. The SMILES string of the molecule is COc1cc(C(C)C=O)ccc1OCC(O)CNC(C)C. The van der Waals surface area contributed by atoms with E-state index in [1.54, 1.807) is 19.2 Å². The van der Waals surface area contributed by atoms with Crippen molar-refractivity contribution >= 4 is 6.29 Å². The Morgan fingerprint density at radius 3 is 2.57 bits per heavy atom. The second-order valence-electron chi connectivity index (χ2n) is 5.36. The van der Waals surface area contributed by atoms with Crippen LogP contribution >= 0.6 is 0 Å². The molecule has 0 saturated carbocycles. The van der Waals surface area contributed by atoms with E-state index in [2.05, 4.69) is 5.32 Å². The minimum atomic E-state index is -0.592. The van der Waals surface area contributed by atoms with Gasteiger partial charge in [0, 0.05) is 18.5 Å². The predicted octanol–water partition coefficient (Wildman–Crippen LogP) is 1.74. The Kier molecular flexibility index (Phi) is 7.19. The molecule has 118 valence electrons. The molecule has 2 atom stereocenters. The first-order valence-corrected chi connectivity index (χ1v) is 7.15. The van der Waals surface area contributed by atoms with E-state index in [1.807, 2.05) is 26.8 Å². The zero-order valence-corrected chi connectivity index (χ0v) is 13.1. The normalized spacial score (nSPS) is 13.8. The van der Waals surface area contributed by atoms with E-state index in [0.29, 0.717) is 24.1 Å². The number of aliphatic hydroxyl groups is 1. The summed E-state index contributed by atoms with van der Waals surface area (Å²) in [7, 11) is 1.55. The van der Waals surface area contributed by atoms with Crippen LogP contribution < -0.4 is 14.8 Å². The summed E-state index contributed by atoms with van der Waals surface area (Å²) in [6, 6.07) is 5.69. The number of nitrogens with one attached hydrogen (secondary N) is 1. The highest BCUT2D eigenvalue weighted by molar-refractivity contribution is 5.62. The van der Waals surface area contributed by atoms with Gasteiger partial charge in [-0.25, -0.2) is 0 Å². The maximum absolute atomic E-state index is 10.8. The first kappa shape index (κ1) is 17.5. The summed E-state index contributed by atoms with van der Waals surface area (Å²) in [4.78, 5) is 10.8. The molecule has 0 fully saturated rings. The molecule has 5 nitrogen and oxygen atoms in total. The molecule has 0 bridgehead atoms. The third-order valence-corrected chi connectivity index (χ3v) is 3.11. The van der Waals surface area contributed by atoms with Crippen molar-refractivity contribution < 1.29 is 19.4 Å². The van der Waals surface area contributed by atoms with Crippen molar-refractivity contribution in [2.24, 2.45) is 0 Å². The molecule has 0 aromatic heterocycles. The van der Waals surface area contributed by atoms with E-state index < -0.39 is 6.10 Å². The standard InChI is InChI=1S/C16H25NO4/c1-11(2)17-8-14(19)10-21-15-6-5-13(12(3)9-18)7-16(15)20-4/h5-7,9,11-12,14,17,19H,8,10H2,1-4H3. The van der Waals surface area contributed by atoms with Gasteiger partial charge < -0.3 is 24.7 Å². The minimum Gasteiger partial charge on any atom is -0.493 e. The molecule has 1 aromatic rings. The Balaban J connectivity index is 2.64. The van der Waals surface area contributed by atoms with Gasteiger partial charge in [0.1, 0.15) is 19.0 Å². The summed E-state index contributed by atoms with van der Waals surface area (Å²) >= 11 is 0. The van der Waals surface area contributed by atoms with Crippen LogP contribution in [0.3, 0.4) is 0 Å². The van der Waals surface area contributed by atoms with Crippen molar-refractivity contribution in [3.8, 4) is 11.5 Å². The van der Waals surface area contributed by atoms with Crippen molar-refractivity contribution in [3.63, 3.8) is 0 Å². The van der Waals surface area contributed by atoms with E-state index in [-0.39, 0.29) is 12.5 Å². The Bertz CT molecular complexity index is 448. The number of rotatable bonds is 9. The molecular weight excluding hydrogens is 270 g/mol. The maximum Gasteiger partial charge on any atom is 0.161 e. The van der Waals surface area contributed by atoms with Crippen molar-refractivity contribution in [2.45, 2.75) is 38.8 Å². The monoisotopic (exact) mass is 295 g/mol. The Hall–Kier alpha value is -1.59. The summed E-state index contributed by atoms with van der Waals surface area (Å²) in [5.74, 6) is 0.932. The summed E-state index contributed by atoms with van der Waals surface area (Å²) in [6.45, 7) is 6.51. The first-order valence-electron chi connectivity index (χ1n) is 7.15. The zero-order chi connectivity index (χ0) is 15.8. The molecule has 1 aromatic carbocycles. The van der Waals surface area contributed by atoms with Gasteiger partial charge in [-0.15, -0.1) is 0 Å². The highest BCUT2D eigenvalue weighted by atomic mass is 16.5. The largest absolute Gasteiger partial charge is 0.493 e. The minimum absolute atomic E-state index is 0.179.